The quantitative estimate of drug-likeness (QED) is 0.871. The SMILES string of the molecule is Cc1ccc(S(C)(=O)=O)cc1NC(=O)c1cc(C)c(Br)s1. The van der Waals surface area contributed by atoms with Gasteiger partial charge in [-0.2, -0.15) is 0 Å². The van der Waals surface area contributed by atoms with Crippen molar-refractivity contribution in [2.45, 2.75) is 18.7 Å². The van der Waals surface area contributed by atoms with E-state index in [1.54, 1.807) is 12.1 Å². The predicted octanol–water partition coefficient (Wildman–Crippen LogP) is 3.78. The van der Waals surface area contributed by atoms with Gasteiger partial charge in [0.05, 0.1) is 13.6 Å². The second-order valence-electron chi connectivity index (χ2n) is 4.77. The third-order valence-electron chi connectivity index (χ3n) is 2.97. The van der Waals surface area contributed by atoms with Crippen LogP contribution < -0.4 is 5.32 Å². The van der Waals surface area contributed by atoms with E-state index in [2.05, 4.69) is 21.2 Å². The first-order valence-electron chi connectivity index (χ1n) is 6.06. The zero-order valence-electron chi connectivity index (χ0n) is 11.7. The van der Waals surface area contributed by atoms with Gasteiger partial charge in [-0.25, -0.2) is 8.42 Å². The standard InChI is InChI=1S/C14H14BrNO3S2/c1-8-4-5-10(21(3,18)19)7-11(8)16-14(17)12-6-9(2)13(15)20-12/h4-7H,1-3H3,(H,16,17). The molecule has 1 aromatic carbocycles. The third kappa shape index (κ3) is 3.72. The van der Waals surface area contributed by atoms with Crippen molar-refractivity contribution in [3.05, 3.63) is 44.1 Å². The lowest BCUT2D eigenvalue weighted by atomic mass is 10.2. The Morgan fingerprint density at radius 1 is 1.19 bits per heavy atom. The lowest BCUT2D eigenvalue weighted by Gasteiger charge is -2.09. The fraction of sp³-hybridized carbons (Fsp3) is 0.214. The number of anilines is 1. The maximum Gasteiger partial charge on any atom is 0.265 e. The number of aryl methyl sites for hydroxylation is 2. The molecule has 21 heavy (non-hydrogen) atoms. The van der Waals surface area contributed by atoms with Crippen LogP contribution in [0.1, 0.15) is 20.8 Å². The van der Waals surface area contributed by atoms with Crippen molar-refractivity contribution in [2.75, 3.05) is 11.6 Å². The topological polar surface area (TPSA) is 63.2 Å². The maximum atomic E-state index is 12.2. The van der Waals surface area contributed by atoms with E-state index in [0.717, 1.165) is 21.2 Å². The van der Waals surface area contributed by atoms with Gasteiger partial charge in [-0.1, -0.05) is 6.07 Å². The summed E-state index contributed by atoms with van der Waals surface area (Å²) in [5.41, 5.74) is 2.31. The van der Waals surface area contributed by atoms with Crippen LogP contribution in [-0.2, 0) is 9.84 Å². The summed E-state index contributed by atoms with van der Waals surface area (Å²) in [6.07, 6.45) is 1.14. The van der Waals surface area contributed by atoms with Gasteiger partial charge in [0, 0.05) is 11.9 Å². The van der Waals surface area contributed by atoms with Gasteiger partial charge in [0.2, 0.25) is 0 Å². The van der Waals surface area contributed by atoms with E-state index in [1.165, 1.54) is 23.5 Å². The van der Waals surface area contributed by atoms with E-state index in [4.69, 9.17) is 0 Å². The van der Waals surface area contributed by atoms with E-state index >= 15 is 0 Å². The molecule has 1 aromatic heterocycles. The molecule has 0 aliphatic carbocycles. The highest BCUT2D eigenvalue weighted by atomic mass is 79.9. The number of nitrogens with one attached hydrogen (secondary N) is 1. The minimum Gasteiger partial charge on any atom is -0.321 e. The largest absolute Gasteiger partial charge is 0.321 e. The molecular weight excluding hydrogens is 374 g/mol. The third-order valence-corrected chi connectivity index (χ3v) is 6.21. The molecule has 0 saturated carbocycles. The van der Waals surface area contributed by atoms with Crippen LogP contribution in [0.15, 0.2) is 32.9 Å². The normalized spacial score (nSPS) is 11.4. The average Bonchev–Trinajstić information content (AvgIpc) is 2.71. The first-order valence-corrected chi connectivity index (χ1v) is 9.56. The summed E-state index contributed by atoms with van der Waals surface area (Å²) in [5, 5.41) is 2.77. The van der Waals surface area contributed by atoms with Crippen molar-refractivity contribution >= 4 is 48.7 Å². The highest BCUT2D eigenvalue weighted by Gasteiger charge is 2.14. The molecule has 0 aliphatic rings. The van der Waals surface area contributed by atoms with Crippen LogP contribution in [-0.4, -0.2) is 20.6 Å². The number of hydrogen-bond acceptors (Lipinski definition) is 4. The minimum atomic E-state index is -3.30. The lowest BCUT2D eigenvalue weighted by Crippen LogP contribution is -2.12. The number of halogens is 1. The molecule has 1 heterocycles. The summed E-state index contributed by atoms with van der Waals surface area (Å²) in [7, 11) is -3.30. The summed E-state index contributed by atoms with van der Waals surface area (Å²) in [6, 6.07) is 6.49. The highest BCUT2D eigenvalue weighted by molar-refractivity contribution is 9.11. The van der Waals surface area contributed by atoms with Crippen LogP contribution in [0.3, 0.4) is 0 Å². The molecule has 0 radical (unpaired) electrons. The van der Waals surface area contributed by atoms with E-state index in [9.17, 15) is 13.2 Å². The van der Waals surface area contributed by atoms with Gasteiger partial charge in [-0.15, -0.1) is 11.3 Å². The summed E-state index contributed by atoms with van der Waals surface area (Å²) < 4.78 is 24.1. The van der Waals surface area contributed by atoms with Gasteiger partial charge in [0.1, 0.15) is 0 Å². The molecule has 2 rings (SSSR count). The highest BCUT2D eigenvalue weighted by Crippen LogP contribution is 2.28. The molecule has 1 amide bonds. The van der Waals surface area contributed by atoms with Crippen LogP contribution in [0, 0.1) is 13.8 Å². The maximum absolute atomic E-state index is 12.2. The Morgan fingerprint density at radius 3 is 2.38 bits per heavy atom. The Morgan fingerprint density at radius 2 is 1.86 bits per heavy atom. The van der Waals surface area contributed by atoms with Gasteiger partial charge in [-0.3, -0.25) is 4.79 Å². The Bertz CT molecular complexity index is 790. The molecule has 2 aromatic rings. The summed E-state index contributed by atoms with van der Waals surface area (Å²) in [4.78, 5) is 13.0. The van der Waals surface area contributed by atoms with Gasteiger partial charge >= 0.3 is 0 Å². The summed E-state index contributed by atoms with van der Waals surface area (Å²) in [6.45, 7) is 3.73. The second-order valence-corrected chi connectivity index (χ2v) is 9.16. The zero-order valence-corrected chi connectivity index (χ0v) is 14.9. The molecule has 0 unspecified atom stereocenters. The lowest BCUT2D eigenvalue weighted by molar-refractivity contribution is 0.103. The van der Waals surface area contributed by atoms with Crippen molar-refractivity contribution in [2.24, 2.45) is 0 Å². The molecule has 7 heteroatoms. The number of benzene rings is 1. The molecule has 0 bridgehead atoms. The van der Waals surface area contributed by atoms with Gasteiger partial charge < -0.3 is 5.32 Å². The first-order chi connectivity index (χ1) is 9.68. The van der Waals surface area contributed by atoms with Crippen molar-refractivity contribution in [1.82, 2.24) is 0 Å². The molecule has 4 nitrogen and oxygen atoms in total. The van der Waals surface area contributed by atoms with E-state index < -0.39 is 9.84 Å². The van der Waals surface area contributed by atoms with E-state index in [1.807, 2.05) is 13.8 Å². The van der Waals surface area contributed by atoms with Crippen LogP contribution in [0.25, 0.3) is 0 Å². The smallest absolute Gasteiger partial charge is 0.265 e. The van der Waals surface area contributed by atoms with Crippen molar-refractivity contribution < 1.29 is 13.2 Å². The fourth-order valence-electron chi connectivity index (χ4n) is 1.72. The second kappa shape index (κ2) is 5.90. The minimum absolute atomic E-state index is 0.187. The fourth-order valence-corrected chi connectivity index (χ4v) is 3.80. The Balaban J connectivity index is 2.33. The van der Waals surface area contributed by atoms with Crippen LogP contribution in [0.5, 0.6) is 0 Å². The number of amides is 1. The van der Waals surface area contributed by atoms with Gasteiger partial charge in [0.25, 0.3) is 5.91 Å². The van der Waals surface area contributed by atoms with Crippen molar-refractivity contribution in [1.29, 1.82) is 0 Å². The van der Waals surface area contributed by atoms with Crippen LogP contribution >= 0.6 is 27.3 Å². The molecule has 0 aliphatic heterocycles. The number of rotatable bonds is 3. The Hall–Kier alpha value is -1.18. The van der Waals surface area contributed by atoms with E-state index in [-0.39, 0.29) is 10.8 Å². The number of sulfone groups is 1. The van der Waals surface area contributed by atoms with Gasteiger partial charge in [-0.05, 0) is 59.1 Å². The van der Waals surface area contributed by atoms with Crippen LogP contribution in [0.2, 0.25) is 0 Å². The van der Waals surface area contributed by atoms with Crippen LogP contribution in [0.4, 0.5) is 5.69 Å². The Kier molecular flexibility index (Phi) is 4.55. The molecule has 0 fully saturated rings. The number of thiophene rings is 1. The Labute approximate surface area is 136 Å². The van der Waals surface area contributed by atoms with Gasteiger partial charge in [0.15, 0.2) is 9.84 Å². The van der Waals surface area contributed by atoms with E-state index in [0.29, 0.717) is 10.6 Å². The van der Waals surface area contributed by atoms with Crippen molar-refractivity contribution in [3.63, 3.8) is 0 Å². The average molecular weight is 388 g/mol. The zero-order chi connectivity index (χ0) is 15.8. The number of carbonyl (C=O) groups is 1. The molecular formula is C14H14BrNO3S2. The first kappa shape index (κ1) is 16.2. The summed E-state index contributed by atoms with van der Waals surface area (Å²) in [5.74, 6) is -0.248. The number of hydrogen-bond donors (Lipinski definition) is 1. The summed E-state index contributed by atoms with van der Waals surface area (Å²) >= 11 is 4.72. The van der Waals surface area contributed by atoms with Crippen molar-refractivity contribution in [3.8, 4) is 0 Å². The molecule has 112 valence electrons. The monoisotopic (exact) mass is 387 g/mol. The molecule has 0 saturated heterocycles. The molecule has 0 spiro atoms. The predicted molar refractivity (Wildman–Crippen MR) is 89.0 cm³/mol. The molecule has 1 N–H and O–H groups in total. The number of carbonyl (C=O) groups excluding carboxylic acids is 1. The molecule has 0 atom stereocenters.